The molecule has 0 aromatic heterocycles. The van der Waals surface area contributed by atoms with E-state index in [1.54, 1.807) is 6.92 Å². The van der Waals surface area contributed by atoms with Crippen molar-refractivity contribution < 1.29 is 23.4 Å². The SMILES string of the molecule is CCC(CCO)NS(=O)(=O)c1cc(C(=O)O)ccc1C. The van der Waals surface area contributed by atoms with Gasteiger partial charge in [0, 0.05) is 12.6 Å². The van der Waals surface area contributed by atoms with Gasteiger partial charge in [-0.3, -0.25) is 0 Å². The van der Waals surface area contributed by atoms with Crippen LogP contribution in [0, 0.1) is 6.92 Å². The maximum atomic E-state index is 12.3. The van der Waals surface area contributed by atoms with Crippen LogP contribution in [0.3, 0.4) is 0 Å². The zero-order chi connectivity index (χ0) is 15.3. The number of carboxylic acids is 1. The number of hydrogen-bond acceptors (Lipinski definition) is 4. The maximum Gasteiger partial charge on any atom is 0.335 e. The van der Waals surface area contributed by atoms with Crippen LogP contribution in [-0.4, -0.2) is 37.2 Å². The number of aliphatic hydroxyl groups excluding tert-OH is 1. The molecule has 1 aromatic carbocycles. The summed E-state index contributed by atoms with van der Waals surface area (Å²) in [4.78, 5) is 10.9. The standard InChI is InChI=1S/C13H19NO5S/c1-3-11(6-7-15)14-20(18,19)12-8-10(13(16)17)5-4-9(12)2/h4-5,8,11,14-15H,3,6-7H2,1-2H3,(H,16,17). The largest absolute Gasteiger partial charge is 0.478 e. The summed E-state index contributed by atoms with van der Waals surface area (Å²) in [6.45, 7) is 3.30. The van der Waals surface area contributed by atoms with Gasteiger partial charge in [0.2, 0.25) is 10.0 Å². The highest BCUT2D eigenvalue weighted by molar-refractivity contribution is 7.89. The molecule has 0 heterocycles. The van der Waals surface area contributed by atoms with Gasteiger partial charge in [0.1, 0.15) is 0 Å². The fraction of sp³-hybridized carbons (Fsp3) is 0.462. The minimum atomic E-state index is -3.80. The van der Waals surface area contributed by atoms with Crippen LogP contribution < -0.4 is 4.72 Å². The molecule has 0 spiro atoms. The van der Waals surface area contributed by atoms with Crippen molar-refractivity contribution in [3.8, 4) is 0 Å². The molecule has 6 nitrogen and oxygen atoms in total. The first-order chi connectivity index (χ1) is 9.31. The fourth-order valence-electron chi connectivity index (χ4n) is 1.81. The van der Waals surface area contributed by atoms with Gasteiger partial charge in [0.15, 0.2) is 0 Å². The smallest absolute Gasteiger partial charge is 0.335 e. The minimum Gasteiger partial charge on any atom is -0.478 e. The van der Waals surface area contributed by atoms with Gasteiger partial charge in [-0.2, -0.15) is 0 Å². The summed E-state index contributed by atoms with van der Waals surface area (Å²) in [6, 6.07) is 3.59. The lowest BCUT2D eigenvalue weighted by Gasteiger charge is -2.17. The number of sulfonamides is 1. The summed E-state index contributed by atoms with van der Waals surface area (Å²) < 4.78 is 27.1. The number of rotatable bonds is 7. The third kappa shape index (κ3) is 4.03. The molecular formula is C13H19NO5S. The molecule has 0 radical (unpaired) electrons. The summed E-state index contributed by atoms with van der Waals surface area (Å²) in [6.07, 6.45) is 0.852. The zero-order valence-corrected chi connectivity index (χ0v) is 12.3. The third-order valence-electron chi connectivity index (χ3n) is 3.02. The molecule has 3 N–H and O–H groups in total. The number of carbonyl (C=O) groups is 1. The van der Waals surface area contributed by atoms with Gasteiger partial charge in [-0.25, -0.2) is 17.9 Å². The van der Waals surface area contributed by atoms with Crippen molar-refractivity contribution >= 4 is 16.0 Å². The van der Waals surface area contributed by atoms with Crippen molar-refractivity contribution in [2.45, 2.75) is 37.6 Å². The Bertz CT molecular complexity index is 582. The molecular weight excluding hydrogens is 282 g/mol. The first-order valence-corrected chi connectivity index (χ1v) is 7.77. The predicted octanol–water partition coefficient (Wildman–Crippen LogP) is 1.13. The van der Waals surface area contributed by atoms with E-state index in [0.717, 1.165) is 6.07 Å². The van der Waals surface area contributed by atoms with Gasteiger partial charge in [-0.1, -0.05) is 13.0 Å². The normalized spacial score (nSPS) is 13.2. The van der Waals surface area contributed by atoms with Gasteiger partial charge in [-0.05, 0) is 37.5 Å². The molecule has 1 unspecified atom stereocenters. The Morgan fingerprint density at radius 2 is 2.05 bits per heavy atom. The number of hydrogen-bond donors (Lipinski definition) is 3. The maximum absolute atomic E-state index is 12.3. The van der Waals surface area contributed by atoms with Crippen molar-refractivity contribution in [2.24, 2.45) is 0 Å². The topological polar surface area (TPSA) is 104 Å². The Balaban J connectivity index is 3.14. The monoisotopic (exact) mass is 301 g/mol. The van der Waals surface area contributed by atoms with E-state index in [1.165, 1.54) is 12.1 Å². The average molecular weight is 301 g/mol. The molecule has 1 rings (SSSR count). The summed E-state index contributed by atoms with van der Waals surface area (Å²) in [7, 11) is -3.80. The second-order valence-corrected chi connectivity index (χ2v) is 6.21. The van der Waals surface area contributed by atoms with Crippen LogP contribution >= 0.6 is 0 Å². The number of aryl methyl sites for hydroxylation is 1. The Labute approximate surface area is 118 Å². The van der Waals surface area contributed by atoms with Gasteiger partial charge in [-0.15, -0.1) is 0 Å². The van der Waals surface area contributed by atoms with Crippen molar-refractivity contribution in [2.75, 3.05) is 6.61 Å². The van der Waals surface area contributed by atoms with E-state index >= 15 is 0 Å². The second kappa shape index (κ2) is 6.83. The molecule has 0 saturated carbocycles. The van der Waals surface area contributed by atoms with Crippen molar-refractivity contribution in [3.63, 3.8) is 0 Å². The Morgan fingerprint density at radius 3 is 2.55 bits per heavy atom. The summed E-state index contributed by atoms with van der Waals surface area (Å²) in [5.74, 6) is -1.18. The first-order valence-electron chi connectivity index (χ1n) is 6.29. The minimum absolute atomic E-state index is 0.0474. The molecule has 0 aliphatic rings. The van der Waals surface area contributed by atoms with Crippen LogP contribution in [0.5, 0.6) is 0 Å². The van der Waals surface area contributed by atoms with E-state index in [1.807, 2.05) is 6.92 Å². The number of aromatic carboxylic acids is 1. The lowest BCUT2D eigenvalue weighted by Crippen LogP contribution is -2.35. The van der Waals surface area contributed by atoms with E-state index in [-0.39, 0.29) is 23.1 Å². The van der Waals surface area contributed by atoms with Gasteiger partial charge < -0.3 is 10.2 Å². The van der Waals surface area contributed by atoms with Gasteiger partial charge in [0.25, 0.3) is 0 Å². The van der Waals surface area contributed by atoms with Crippen LogP contribution in [-0.2, 0) is 10.0 Å². The fourth-order valence-corrected chi connectivity index (χ4v) is 3.43. The summed E-state index contributed by atoms with van der Waals surface area (Å²) in [5, 5.41) is 17.8. The number of aliphatic hydroxyl groups is 1. The molecule has 0 amide bonds. The lowest BCUT2D eigenvalue weighted by molar-refractivity contribution is 0.0696. The zero-order valence-electron chi connectivity index (χ0n) is 11.5. The molecule has 0 aliphatic carbocycles. The molecule has 1 aromatic rings. The van der Waals surface area contributed by atoms with Crippen molar-refractivity contribution in [3.05, 3.63) is 29.3 Å². The highest BCUT2D eigenvalue weighted by atomic mass is 32.2. The molecule has 0 saturated heterocycles. The van der Waals surface area contributed by atoms with Gasteiger partial charge in [0.05, 0.1) is 10.5 Å². The van der Waals surface area contributed by atoms with E-state index < -0.39 is 16.0 Å². The van der Waals surface area contributed by atoms with Crippen LogP contribution in [0.2, 0.25) is 0 Å². The predicted molar refractivity (Wildman–Crippen MR) is 74.2 cm³/mol. The molecule has 7 heteroatoms. The molecule has 0 bridgehead atoms. The molecule has 112 valence electrons. The molecule has 20 heavy (non-hydrogen) atoms. The first kappa shape index (κ1) is 16.6. The number of benzene rings is 1. The van der Waals surface area contributed by atoms with Crippen molar-refractivity contribution in [1.29, 1.82) is 0 Å². The highest BCUT2D eigenvalue weighted by Crippen LogP contribution is 2.18. The summed E-state index contributed by atoms with van der Waals surface area (Å²) >= 11 is 0. The van der Waals surface area contributed by atoms with Crippen LogP contribution in [0.1, 0.15) is 35.7 Å². The lowest BCUT2D eigenvalue weighted by atomic mass is 10.1. The third-order valence-corrected chi connectivity index (χ3v) is 4.68. The highest BCUT2D eigenvalue weighted by Gasteiger charge is 2.22. The van der Waals surface area contributed by atoms with Crippen LogP contribution in [0.4, 0.5) is 0 Å². The van der Waals surface area contributed by atoms with E-state index in [4.69, 9.17) is 10.2 Å². The molecule has 0 fully saturated rings. The Morgan fingerprint density at radius 1 is 1.40 bits per heavy atom. The second-order valence-electron chi connectivity index (χ2n) is 4.52. The van der Waals surface area contributed by atoms with E-state index in [0.29, 0.717) is 18.4 Å². The quantitative estimate of drug-likeness (QED) is 0.700. The van der Waals surface area contributed by atoms with Gasteiger partial charge >= 0.3 is 5.97 Å². The Hall–Kier alpha value is -1.44. The molecule has 1 atom stereocenters. The van der Waals surface area contributed by atoms with Crippen LogP contribution in [0.15, 0.2) is 23.1 Å². The number of nitrogens with one attached hydrogen (secondary N) is 1. The number of carboxylic acid groups (broad SMARTS) is 1. The van der Waals surface area contributed by atoms with E-state index in [2.05, 4.69) is 4.72 Å². The molecule has 0 aliphatic heterocycles. The average Bonchev–Trinajstić information content (AvgIpc) is 2.37. The van der Waals surface area contributed by atoms with Crippen LogP contribution in [0.25, 0.3) is 0 Å². The van der Waals surface area contributed by atoms with Crippen molar-refractivity contribution in [1.82, 2.24) is 4.72 Å². The van der Waals surface area contributed by atoms with E-state index in [9.17, 15) is 13.2 Å². The Kier molecular flexibility index (Phi) is 5.67. The summed E-state index contributed by atoms with van der Waals surface area (Å²) in [5.41, 5.74) is 0.396.